The zero-order valence-electron chi connectivity index (χ0n) is 10.7. The van der Waals surface area contributed by atoms with Gasteiger partial charge in [0, 0.05) is 32.3 Å². The minimum atomic E-state index is 0.551. The van der Waals surface area contributed by atoms with Gasteiger partial charge in [-0.05, 0) is 44.2 Å². The Balaban J connectivity index is 2.26. The van der Waals surface area contributed by atoms with Crippen molar-refractivity contribution in [1.29, 1.82) is 0 Å². The smallest absolute Gasteiger partial charge is 0.0469 e. The number of ether oxygens (including phenoxy) is 1. The van der Waals surface area contributed by atoms with Crippen molar-refractivity contribution in [3.8, 4) is 0 Å². The molecule has 1 unspecified atom stereocenters. The van der Waals surface area contributed by atoms with E-state index in [2.05, 4.69) is 18.2 Å². The molecular weight excluding hydrogens is 220 g/mol. The van der Waals surface area contributed by atoms with Crippen LogP contribution in [0.1, 0.15) is 19.3 Å². The van der Waals surface area contributed by atoms with E-state index in [1.165, 1.54) is 31.6 Å². The molecule has 1 atom stereocenters. The Morgan fingerprint density at radius 3 is 2.69 bits per heavy atom. The standard InChI is InChI=1S/C12H26N2OS/c1-14(12(9-13)5-8-16-2)10-11-3-6-15-7-4-11/h11-12H,3-10,13H2,1-2H3. The molecule has 0 amide bonds. The lowest BCUT2D eigenvalue weighted by molar-refractivity contribution is 0.0506. The van der Waals surface area contributed by atoms with Gasteiger partial charge in [0.15, 0.2) is 0 Å². The van der Waals surface area contributed by atoms with Gasteiger partial charge in [0.25, 0.3) is 0 Å². The Morgan fingerprint density at radius 2 is 2.12 bits per heavy atom. The minimum absolute atomic E-state index is 0.551. The summed E-state index contributed by atoms with van der Waals surface area (Å²) in [7, 11) is 2.22. The Morgan fingerprint density at radius 1 is 1.44 bits per heavy atom. The maximum atomic E-state index is 5.84. The lowest BCUT2D eigenvalue weighted by Gasteiger charge is -2.32. The van der Waals surface area contributed by atoms with Gasteiger partial charge in [-0.25, -0.2) is 0 Å². The van der Waals surface area contributed by atoms with Crippen LogP contribution in [0.25, 0.3) is 0 Å². The van der Waals surface area contributed by atoms with Gasteiger partial charge in [0.1, 0.15) is 0 Å². The van der Waals surface area contributed by atoms with Gasteiger partial charge < -0.3 is 15.4 Å². The van der Waals surface area contributed by atoms with Gasteiger partial charge >= 0.3 is 0 Å². The van der Waals surface area contributed by atoms with Crippen LogP contribution in [0, 0.1) is 5.92 Å². The first-order chi connectivity index (χ1) is 7.77. The number of thioether (sulfide) groups is 1. The average molecular weight is 246 g/mol. The second-order valence-corrected chi connectivity index (χ2v) is 5.65. The zero-order valence-corrected chi connectivity index (χ0v) is 11.5. The van der Waals surface area contributed by atoms with Crippen molar-refractivity contribution in [2.75, 3.05) is 45.4 Å². The normalized spacial score (nSPS) is 20.2. The van der Waals surface area contributed by atoms with Gasteiger partial charge in [-0.15, -0.1) is 0 Å². The number of nitrogens with zero attached hydrogens (tertiary/aromatic N) is 1. The summed E-state index contributed by atoms with van der Waals surface area (Å²) in [5, 5.41) is 0. The third-order valence-electron chi connectivity index (χ3n) is 3.44. The molecule has 1 aliphatic heterocycles. The maximum Gasteiger partial charge on any atom is 0.0469 e. The molecule has 4 heteroatoms. The van der Waals surface area contributed by atoms with Crippen LogP contribution in [0.15, 0.2) is 0 Å². The summed E-state index contributed by atoms with van der Waals surface area (Å²) in [6.07, 6.45) is 5.79. The van der Waals surface area contributed by atoms with Crippen LogP contribution in [-0.4, -0.2) is 56.3 Å². The number of hydrogen-bond donors (Lipinski definition) is 1. The van der Waals surface area contributed by atoms with Crippen molar-refractivity contribution in [3.05, 3.63) is 0 Å². The Bertz CT molecular complexity index is 174. The van der Waals surface area contributed by atoms with E-state index in [-0.39, 0.29) is 0 Å². The summed E-state index contributed by atoms with van der Waals surface area (Å²) in [5.41, 5.74) is 5.84. The predicted octanol–water partition coefficient (Wildman–Crippen LogP) is 1.43. The summed E-state index contributed by atoms with van der Waals surface area (Å²) in [6, 6.07) is 0.551. The molecule has 0 bridgehead atoms. The highest BCUT2D eigenvalue weighted by Gasteiger charge is 2.19. The fourth-order valence-corrected chi connectivity index (χ4v) is 2.77. The van der Waals surface area contributed by atoms with E-state index in [0.29, 0.717) is 6.04 Å². The zero-order chi connectivity index (χ0) is 11.8. The number of hydrogen-bond acceptors (Lipinski definition) is 4. The SMILES string of the molecule is CSCCC(CN)N(C)CC1CCOCC1. The van der Waals surface area contributed by atoms with E-state index in [1.54, 1.807) is 0 Å². The first-order valence-electron chi connectivity index (χ1n) is 6.25. The molecule has 1 heterocycles. The molecule has 1 rings (SSSR count). The van der Waals surface area contributed by atoms with Crippen molar-refractivity contribution in [1.82, 2.24) is 4.90 Å². The van der Waals surface area contributed by atoms with E-state index in [4.69, 9.17) is 10.5 Å². The van der Waals surface area contributed by atoms with Gasteiger partial charge in [0.05, 0.1) is 0 Å². The summed E-state index contributed by atoms with van der Waals surface area (Å²) in [5.74, 6) is 2.02. The topological polar surface area (TPSA) is 38.5 Å². The highest BCUT2D eigenvalue weighted by Crippen LogP contribution is 2.17. The fraction of sp³-hybridized carbons (Fsp3) is 1.00. The first-order valence-corrected chi connectivity index (χ1v) is 7.64. The highest BCUT2D eigenvalue weighted by molar-refractivity contribution is 7.98. The van der Waals surface area contributed by atoms with E-state index < -0.39 is 0 Å². The number of nitrogens with two attached hydrogens (primary N) is 1. The first kappa shape index (κ1) is 14.3. The van der Waals surface area contributed by atoms with Crippen LogP contribution in [0.4, 0.5) is 0 Å². The summed E-state index contributed by atoms with van der Waals surface area (Å²) in [6.45, 7) is 3.84. The van der Waals surface area contributed by atoms with Gasteiger partial charge in [-0.3, -0.25) is 0 Å². The molecule has 0 aromatic heterocycles. The molecule has 0 aliphatic carbocycles. The van der Waals surface area contributed by atoms with E-state index in [1.807, 2.05) is 11.8 Å². The highest BCUT2D eigenvalue weighted by atomic mass is 32.2. The molecule has 3 nitrogen and oxygen atoms in total. The molecule has 0 radical (unpaired) electrons. The summed E-state index contributed by atoms with van der Waals surface area (Å²) in [4.78, 5) is 2.45. The van der Waals surface area contributed by atoms with E-state index in [9.17, 15) is 0 Å². The van der Waals surface area contributed by atoms with Crippen LogP contribution in [0.5, 0.6) is 0 Å². The van der Waals surface area contributed by atoms with Crippen molar-refractivity contribution in [2.45, 2.75) is 25.3 Å². The number of likely N-dealkylation sites (N-methyl/N-ethyl adjacent to an activating group) is 1. The Hall–Kier alpha value is 0.230. The van der Waals surface area contributed by atoms with Crippen LogP contribution in [0.2, 0.25) is 0 Å². The molecule has 0 saturated carbocycles. The van der Waals surface area contributed by atoms with Crippen LogP contribution in [-0.2, 0) is 4.74 Å². The second-order valence-electron chi connectivity index (χ2n) is 4.67. The molecule has 1 aliphatic rings. The monoisotopic (exact) mass is 246 g/mol. The molecule has 2 N–H and O–H groups in total. The molecule has 0 aromatic rings. The largest absolute Gasteiger partial charge is 0.381 e. The van der Waals surface area contributed by atoms with Crippen molar-refractivity contribution in [3.63, 3.8) is 0 Å². The van der Waals surface area contributed by atoms with Crippen LogP contribution < -0.4 is 5.73 Å². The van der Waals surface area contributed by atoms with Crippen molar-refractivity contribution in [2.24, 2.45) is 11.7 Å². The Labute approximate surface area is 104 Å². The molecule has 0 aromatic carbocycles. The maximum absolute atomic E-state index is 5.84. The molecule has 1 fully saturated rings. The number of rotatable bonds is 7. The van der Waals surface area contributed by atoms with Crippen LogP contribution in [0.3, 0.4) is 0 Å². The predicted molar refractivity (Wildman–Crippen MR) is 72.0 cm³/mol. The second kappa shape index (κ2) is 8.34. The van der Waals surface area contributed by atoms with E-state index in [0.717, 1.165) is 25.7 Å². The lowest BCUT2D eigenvalue weighted by Crippen LogP contribution is -2.41. The molecule has 1 saturated heterocycles. The third-order valence-corrected chi connectivity index (χ3v) is 4.08. The Kier molecular flexibility index (Phi) is 7.45. The quantitative estimate of drug-likeness (QED) is 0.737. The van der Waals surface area contributed by atoms with Crippen molar-refractivity contribution < 1.29 is 4.74 Å². The fourth-order valence-electron chi connectivity index (χ4n) is 2.26. The summed E-state index contributed by atoms with van der Waals surface area (Å²) < 4.78 is 5.39. The van der Waals surface area contributed by atoms with Crippen LogP contribution >= 0.6 is 11.8 Å². The molecular formula is C12H26N2OS. The minimum Gasteiger partial charge on any atom is -0.381 e. The van der Waals surface area contributed by atoms with Gasteiger partial charge in [-0.1, -0.05) is 0 Å². The molecule has 0 spiro atoms. The third kappa shape index (κ3) is 5.04. The van der Waals surface area contributed by atoms with Gasteiger partial charge in [0.2, 0.25) is 0 Å². The summed E-state index contributed by atoms with van der Waals surface area (Å²) >= 11 is 1.91. The van der Waals surface area contributed by atoms with Gasteiger partial charge in [-0.2, -0.15) is 11.8 Å². The lowest BCUT2D eigenvalue weighted by atomic mass is 9.99. The molecule has 16 heavy (non-hydrogen) atoms. The molecule has 96 valence electrons. The average Bonchev–Trinajstić information content (AvgIpc) is 2.31. The van der Waals surface area contributed by atoms with Crippen molar-refractivity contribution >= 4 is 11.8 Å². The van der Waals surface area contributed by atoms with E-state index >= 15 is 0 Å².